The largest absolute Gasteiger partial charge is 0.442 e. The number of guanidine groups is 1. The van der Waals surface area contributed by atoms with Gasteiger partial charge in [0, 0.05) is 29.9 Å². The number of rotatable bonds is 6. The highest BCUT2D eigenvalue weighted by Gasteiger charge is 2.17. The highest BCUT2D eigenvalue weighted by Crippen LogP contribution is 2.26. The molecule has 190 valence electrons. The molecule has 1 aliphatic heterocycles. The Kier molecular flexibility index (Phi) is 8.42. The molecule has 9 nitrogen and oxygen atoms in total. The second-order valence-electron chi connectivity index (χ2n) is 9.29. The first-order chi connectivity index (χ1) is 17.0. The summed E-state index contributed by atoms with van der Waals surface area (Å²) < 4.78 is 20.0. The average Bonchev–Trinajstić information content (AvgIpc) is 2.81. The number of benzene rings is 2. The van der Waals surface area contributed by atoms with Gasteiger partial charge < -0.3 is 26.4 Å². The SMILES string of the molecule is CC(C)(C)OC(=O)/N=C/N1CC=C(c2ccc(NC(=O)c3ccc(CN=C(N)N)cc3)cc2F)CC1. The van der Waals surface area contributed by atoms with Crippen molar-refractivity contribution in [3.05, 3.63) is 71.0 Å². The van der Waals surface area contributed by atoms with Gasteiger partial charge in [0.2, 0.25) is 0 Å². The van der Waals surface area contributed by atoms with Crippen LogP contribution in [0.15, 0.2) is 58.5 Å². The van der Waals surface area contributed by atoms with Gasteiger partial charge in [-0.25, -0.2) is 14.2 Å². The van der Waals surface area contributed by atoms with Crippen molar-refractivity contribution in [2.75, 3.05) is 18.4 Å². The molecule has 0 aromatic heterocycles. The van der Waals surface area contributed by atoms with Gasteiger partial charge in [-0.15, -0.1) is 0 Å². The monoisotopic (exact) mass is 494 g/mol. The second-order valence-corrected chi connectivity index (χ2v) is 9.29. The summed E-state index contributed by atoms with van der Waals surface area (Å²) in [7, 11) is 0. The van der Waals surface area contributed by atoms with Gasteiger partial charge in [0.05, 0.1) is 12.9 Å². The van der Waals surface area contributed by atoms with E-state index in [-0.39, 0.29) is 11.9 Å². The number of amides is 2. The summed E-state index contributed by atoms with van der Waals surface area (Å²) in [6.45, 7) is 6.71. The maximum Gasteiger partial charge on any atom is 0.435 e. The fourth-order valence-corrected chi connectivity index (χ4v) is 3.45. The van der Waals surface area contributed by atoms with Gasteiger partial charge in [0.25, 0.3) is 5.91 Å². The summed E-state index contributed by atoms with van der Waals surface area (Å²) in [5.74, 6) is -0.787. The van der Waals surface area contributed by atoms with Crippen LogP contribution in [0.25, 0.3) is 5.57 Å². The van der Waals surface area contributed by atoms with E-state index < -0.39 is 17.5 Å². The number of halogens is 1. The molecular formula is C26H31FN6O3. The third-order valence-corrected chi connectivity index (χ3v) is 5.19. The molecule has 0 atom stereocenters. The standard InChI is InChI=1S/C26H31FN6O3/c1-26(2,3)36-25(35)31-16-33-12-10-18(11-13-33)21-9-8-20(14-22(21)27)32-23(34)19-6-4-17(5-7-19)15-30-24(28)29/h4-10,14,16H,11-13,15H2,1-3H3,(H,32,34)(H4,28,29,30)/b31-16+. The zero-order valence-electron chi connectivity index (χ0n) is 20.6. The number of carbonyl (C=O) groups excluding carboxylic acids is 2. The van der Waals surface area contributed by atoms with Crippen LogP contribution in [-0.2, 0) is 11.3 Å². The predicted molar refractivity (Wildman–Crippen MR) is 139 cm³/mol. The molecular weight excluding hydrogens is 463 g/mol. The molecule has 0 bridgehead atoms. The molecule has 0 fully saturated rings. The number of nitrogens with two attached hydrogens (primary N) is 2. The number of aliphatic imine (C=N–C) groups is 2. The molecule has 2 amide bonds. The van der Waals surface area contributed by atoms with E-state index in [1.165, 1.54) is 12.4 Å². The van der Waals surface area contributed by atoms with E-state index in [1.54, 1.807) is 57.2 Å². The Balaban J connectivity index is 1.59. The van der Waals surface area contributed by atoms with Gasteiger partial charge in [-0.05, 0) is 68.7 Å². The van der Waals surface area contributed by atoms with E-state index in [0.717, 1.165) is 11.1 Å². The Morgan fingerprint density at radius 3 is 2.47 bits per heavy atom. The van der Waals surface area contributed by atoms with Crippen molar-refractivity contribution >= 4 is 35.6 Å². The van der Waals surface area contributed by atoms with E-state index in [2.05, 4.69) is 15.3 Å². The first kappa shape index (κ1) is 26.4. The number of anilines is 1. The predicted octanol–water partition coefficient (Wildman–Crippen LogP) is 3.90. The van der Waals surface area contributed by atoms with Gasteiger partial charge in [0.15, 0.2) is 5.96 Å². The molecule has 0 radical (unpaired) electrons. The number of carbonyl (C=O) groups is 2. The number of hydrogen-bond donors (Lipinski definition) is 3. The summed E-state index contributed by atoms with van der Waals surface area (Å²) in [4.78, 5) is 33.9. The molecule has 0 unspecified atom stereocenters. The van der Waals surface area contributed by atoms with Crippen LogP contribution < -0.4 is 16.8 Å². The van der Waals surface area contributed by atoms with Gasteiger partial charge >= 0.3 is 6.09 Å². The number of ether oxygens (including phenoxy) is 1. The van der Waals surface area contributed by atoms with Gasteiger partial charge in [-0.1, -0.05) is 18.2 Å². The summed E-state index contributed by atoms with van der Waals surface area (Å²) in [5.41, 5.74) is 13.0. The molecule has 3 rings (SSSR count). The van der Waals surface area contributed by atoms with Gasteiger partial charge in [-0.2, -0.15) is 4.99 Å². The third-order valence-electron chi connectivity index (χ3n) is 5.19. The van der Waals surface area contributed by atoms with E-state index >= 15 is 0 Å². The molecule has 0 aliphatic carbocycles. The van der Waals surface area contributed by atoms with Crippen LogP contribution in [0.1, 0.15) is 48.7 Å². The summed E-state index contributed by atoms with van der Waals surface area (Å²) in [6, 6.07) is 11.4. The van der Waals surface area contributed by atoms with E-state index in [0.29, 0.717) is 42.9 Å². The maximum atomic E-state index is 14.9. The molecule has 5 N–H and O–H groups in total. The minimum Gasteiger partial charge on any atom is -0.442 e. The average molecular weight is 495 g/mol. The lowest BCUT2D eigenvalue weighted by Gasteiger charge is -2.24. The fourth-order valence-electron chi connectivity index (χ4n) is 3.45. The highest BCUT2D eigenvalue weighted by atomic mass is 19.1. The molecule has 0 saturated heterocycles. The van der Waals surface area contributed by atoms with Crippen LogP contribution in [0.4, 0.5) is 14.9 Å². The Morgan fingerprint density at radius 2 is 1.89 bits per heavy atom. The summed E-state index contributed by atoms with van der Waals surface area (Å²) in [5, 5.41) is 2.71. The van der Waals surface area contributed by atoms with Gasteiger partial charge in [0.1, 0.15) is 11.4 Å². The number of nitrogens with zero attached hydrogens (tertiary/aromatic N) is 3. The minimum absolute atomic E-state index is 0.00403. The molecule has 0 spiro atoms. The molecule has 1 aliphatic rings. The van der Waals surface area contributed by atoms with E-state index in [9.17, 15) is 14.0 Å². The Labute approximate surface area is 209 Å². The highest BCUT2D eigenvalue weighted by molar-refractivity contribution is 6.04. The molecule has 1 heterocycles. The Hall–Kier alpha value is -4.21. The number of nitrogens with one attached hydrogen (secondary N) is 1. The lowest BCUT2D eigenvalue weighted by atomic mass is 9.99. The van der Waals surface area contributed by atoms with Crippen LogP contribution in [0.3, 0.4) is 0 Å². The summed E-state index contributed by atoms with van der Waals surface area (Å²) in [6.07, 6.45) is 3.27. The Bertz CT molecular complexity index is 1200. The maximum absolute atomic E-state index is 14.9. The second kappa shape index (κ2) is 11.5. The van der Waals surface area contributed by atoms with Crippen LogP contribution in [0, 0.1) is 5.82 Å². The van der Waals surface area contributed by atoms with E-state index in [1.807, 2.05) is 11.0 Å². The zero-order valence-corrected chi connectivity index (χ0v) is 20.6. The van der Waals surface area contributed by atoms with Crippen LogP contribution >= 0.6 is 0 Å². The van der Waals surface area contributed by atoms with Crippen molar-refractivity contribution in [1.29, 1.82) is 0 Å². The lowest BCUT2D eigenvalue weighted by Crippen LogP contribution is -2.28. The minimum atomic E-state index is -0.650. The van der Waals surface area contributed by atoms with Gasteiger partial charge in [-0.3, -0.25) is 4.79 Å². The molecule has 2 aromatic carbocycles. The van der Waals surface area contributed by atoms with E-state index in [4.69, 9.17) is 16.2 Å². The van der Waals surface area contributed by atoms with Crippen molar-refractivity contribution in [3.63, 3.8) is 0 Å². The quantitative estimate of drug-likeness (QED) is 0.412. The first-order valence-corrected chi connectivity index (χ1v) is 11.5. The van der Waals surface area contributed by atoms with Crippen molar-refractivity contribution in [2.45, 2.75) is 39.3 Å². The molecule has 36 heavy (non-hydrogen) atoms. The molecule has 0 saturated carbocycles. The first-order valence-electron chi connectivity index (χ1n) is 11.5. The normalized spacial score (nSPS) is 13.8. The van der Waals surface area contributed by atoms with Crippen molar-refractivity contribution < 1.29 is 18.7 Å². The summed E-state index contributed by atoms with van der Waals surface area (Å²) >= 11 is 0. The van der Waals surface area contributed by atoms with Crippen LogP contribution in [0.2, 0.25) is 0 Å². The third kappa shape index (κ3) is 7.93. The van der Waals surface area contributed by atoms with Crippen LogP contribution in [-0.4, -0.2) is 47.9 Å². The number of hydrogen-bond acceptors (Lipinski definition) is 4. The fraction of sp³-hybridized carbons (Fsp3) is 0.308. The smallest absolute Gasteiger partial charge is 0.435 e. The van der Waals surface area contributed by atoms with Crippen molar-refractivity contribution in [1.82, 2.24) is 4.90 Å². The lowest BCUT2D eigenvalue weighted by molar-refractivity contribution is 0.0603. The van der Waals surface area contributed by atoms with Crippen LogP contribution in [0.5, 0.6) is 0 Å². The Morgan fingerprint density at radius 1 is 1.17 bits per heavy atom. The zero-order chi connectivity index (χ0) is 26.3. The van der Waals surface area contributed by atoms with Crippen molar-refractivity contribution in [2.24, 2.45) is 21.5 Å². The topological polar surface area (TPSA) is 135 Å². The molecule has 2 aromatic rings. The molecule has 10 heteroatoms. The van der Waals surface area contributed by atoms with Crippen molar-refractivity contribution in [3.8, 4) is 0 Å².